The molecular formula is C16H15ClN4. The van der Waals surface area contributed by atoms with Gasteiger partial charge in [-0.3, -0.25) is 16.3 Å². The minimum absolute atomic E-state index is 0.0563. The number of nitrogens with zero attached hydrogens (tertiary/aromatic N) is 2. The molecular weight excluding hydrogens is 284 g/mol. The molecule has 0 aliphatic rings. The highest BCUT2D eigenvalue weighted by molar-refractivity contribution is 6.29. The van der Waals surface area contributed by atoms with Crippen molar-refractivity contribution in [3.8, 4) is 0 Å². The van der Waals surface area contributed by atoms with Gasteiger partial charge in [-0.15, -0.1) is 0 Å². The van der Waals surface area contributed by atoms with Crippen LogP contribution in [-0.2, 0) is 6.42 Å². The number of hydrogen-bond acceptors (Lipinski definition) is 4. The molecule has 0 aliphatic carbocycles. The fraction of sp³-hybridized carbons (Fsp3) is 0.125. The van der Waals surface area contributed by atoms with Crippen LogP contribution in [0.15, 0.2) is 54.7 Å². The molecule has 5 heteroatoms. The minimum atomic E-state index is -0.0563. The molecule has 3 rings (SSSR count). The first-order chi connectivity index (χ1) is 10.3. The molecule has 0 spiro atoms. The van der Waals surface area contributed by atoms with E-state index in [1.165, 1.54) is 0 Å². The van der Waals surface area contributed by atoms with Crippen molar-refractivity contribution in [3.05, 3.63) is 71.1 Å². The summed E-state index contributed by atoms with van der Waals surface area (Å²) in [6, 6.07) is 15.8. The highest BCUT2D eigenvalue weighted by atomic mass is 35.5. The van der Waals surface area contributed by atoms with Gasteiger partial charge >= 0.3 is 0 Å². The molecule has 3 aromatic rings. The highest BCUT2D eigenvalue weighted by Gasteiger charge is 2.12. The van der Waals surface area contributed by atoms with Gasteiger partial charge in [0, 0.05) is 23.7 Å². The van der Waals surface area contributed by atoms with Crippen molar-refractivity contribution in [3.63, 3.8) is 0 Å². The van der Waals surface area contributed by atoms with Crippen LogP contribution in [0.25, 0.3) is 10.9 Å². The maximum atomic E-state index is 5.93. The summed E-state index contributed by atoms with van der Waals surface area (Å²) in [5.41, 5.74) is 5.77. The minimum Gasteiger partial charge on any atom is -0.271 e. The first kappa shape index (κ1) is 13.9. The second-order valence-corrected chi connectivity index (χ2v) is 5.22. The van der Waals surface area contributed by atoms with E-state index in [1.54, 1.807) is 6.20 Å². The number of pyridine rings is 2. The Hall–Kier alpha value is -2.01. The molecule has 1 unspecified atom stereocenters. The fourth-order valence-electron chi connectivity index (χ4n) is 2.34. The van der Waals surface area contributed by atoms with Crippen LogP contribution >= 0.6 is 11.6 Å². The van der Waals surface area contributed by atoms with Crippen LogP contribution < -0.4 is 11.3 Å². The lowest BCUT2D eigenvalue weighted by Crippen LogP contribution is -2.29. The van der Waals surface area contributed by atoms with Gasteiger partial charge in [0.1, 0.15) is 5.15 Å². The normalized spacial score (nSPS) is 12.5. The van der Waals surface area contributed by atoms with Crippen molar-refractivity contribution in [2.45, 2.75) is 12.5 Å². The maximum absolute atomic E-state index is 5.93. The largest absolute Gasteiger partial charge is 0.271 e. The average Bonchev–Trinajstić information content (AvgIpc) is 2.52. The second-order valence-electron chi connectivity index (χ2n) is 4.83. The Morgan fingerprint density at radius 1 is 1.14 bits per heavy atom. The first-order valence-electron chi connectivity index (χ1n) is 6.68. The summed E-state index contributed by atoms with van der Waals surface area (Å²) in [5.74, 6) is 5.67. The van der Waals surface area contributed by atoms with Crippen molar-refractivity contribution >= 4 is 22.5 Å². The number of hydrogen-bond donors (Lipinski definition) is 2. The van der Waals surface area contributed by atoms with E-state index in [0.29, 0.717) is 11.6 Å². The number of fused-ring (bicyclic) bond motifs is 1. The van der Waals surface area contributed by atoms with Crippen molar-refractivity contribution in [2.24, 2.45) is 5.84 Å². The second kappa shape index (κ2) is 6.18. The van der Waals surface area contributed by atoms with E-state index in [2.05, 4.69) is 21.5 Å². The van der Waals surface area contributed by atoms with E-state index in [0.717, 1.165) is 22.2 Å². The van der Waals surface area contributed by atoms with E-state index >= 15 is 0 Å². The zero-order chi connectivity index (χ0) is 14.7. The molecule has 0 radical (unpaired) electrons. The van der Waals surface area contributed by atoms with Crippen LogP contribution in [-0.4, -0.2) is 9.97 Å². The number of halogens is 1. The third kappa shape index (κ3) is 3.19. The summed E-state index contributed by atoms with van der Waals surface area (Å²) in [7, 11) is 0. The van der Waals surface area contributed by atoms with Gasteiger partial charge in [-0.05, 0) is 29.8 Å². The number of nitrogens with two attached hydrogens (primary N) is 1. The topological polar surface area (TPSA) is 63.8 Å². The lowest BCUT2D eigenvalue weighted by molar-refractivity contribution is 0.546. The van der Waals surface area contributed by atoms with Gasteiger partial charge in [0.05, 0.1) is 11.6 Å². The fourth-order valence-corrected chi connectivity index (χ4v) is 2.52. The molecule has 4 nitrogen and oxygen atoms in total. The van der Waals surface area contributed by atoms with Crippen LogP contribution in [0.3, 0.4) is 0 Å². The Balaban J connectivity index is 1.88. The summed E-state index contributed by atoms with van der Waals surface area (Å²) in [5, 5.41) is 1.59. The SMILES string of the molecule is NNC(Cc1ccc2ccccc2n1)c1ccnc(Cl)c1. The van der Waals surface area contributed by atoms with Crippen molar-refractivity contribution in [1.82, 2.24) is 15.4 Å². The van der Waals surface area contributed by atoms with Crippen LogP contribution in [0.5, 0.6) is 0 Å². The number of aromatic nitrogens is 2. The quantitative estimate of drug-likeness (QED) is 0.441. The summed E-state index contributed by atoms with van der Waals surface area (Å²) >= 11 is 5.93. The van der Waals surface area contributed by atoms with Gasteiger partial charge < -0.3 is 0 Å². The van der Waals surface area contributed by atoms with Gasteiger partial charge in [0.2, 0.25) is 0 Å². The number of rotatable bonds is 4. The highest BCUT2D eigenvalue weighted by Crippen LogP contribution is 2.20. The smallest absolute Gasteiger partial charge is 0.129 e. The monoisotopic (exact) mass is 298 g/mol. The van der Waals surface area contributed by atoms with Gasteiger partial charge in [-0.2, -0.15) is 0 Å². The van der Waals surface area contributed by atoms with E-state index in [4.69, 9.17) is 17.4 Å². The molecule has 1 atom stereocenters. The van der Waals surface area contributed by atoms with E-state index in [1.807, 2.05) is 42.5 Å². The number of nitrogens with one attached hydrogen (secondary N) is 1. The molecule has 0 fully saturated rings. The number of para-hydroxylation sites is 1. The Bertz CT molecular complexity index is 760. The van der Waals surface area contributed by atoms with Crippen LogP contribution in [0.1, 0.15) is 17.3 Å². The van der Waals surface area contributed by atoms with E-state index in [9.17, 15) is 0 Å². The zero-order valence-electron chi connectivity index (χ0n) is 11.3. The van der Waals surface area contributed by atoms with Gasteiger partial charge in [-0.1, -0.05) is 35.9 Å². The molecule has 0 saturated carbocycles. The van der Waals surface area contributed by atoms with Crippen molar-refractivity contribution < 1.29 is 0 Å². The average molecular weight is 299 g/mol. The molecule has 2 aromatic heterocycles. The van der Waals surface area contributed by atoms with Crippen molar-refractivity contribution in [1.29, 1.82) is 0 Å². The third-order valence-corrected chi connectivity index (χ3v) is 3.63. The Labute approximate surface area is 128 Å². The lowest BCUT2D eigenvalue weighted by Gasteiger charge is -2.16. The maximum Gasteiger partial charge on any atom is 0.129 e. The van der Waals surface area contributed by atoms with Crippen LogP contribution in [0, 0.1) is 0 Å². The van der Waals surface area contributed by atoms with Crippen LogP contribution in [0.2, 0.25) is 5.15 Å². The summed E-state index contributed by atoms with van der Waals surface area (Å²) in [6.07, 6.45) is 2.36. The van der Waals surface area contributed by atoms with E-state index < -0.39 is 0 Å². The lowest BCUT2D eigenvalue weighted by atomic mass is 10.0. The van der Waals surface area contributed by atoms with Crippen LogP contribution in [0.4, 0.5) is 0 Å². The molecule has 106 valence electrons. The van der Waals surface area contributed by atoms with Crippen molar-refractivity contribution in [2.75, 3.05) is 0 Å². The number of benzene rings is 1. The summed E-state index contributed by atoms with van der Waals surface area (Å²) < 4.78 is 0. The Morgan fingerprint density at radius 2 is 2.00 bits per heavy atom. The van der Waals surface area contributed by atoms with Gasteiger partial charge in [-0.25, -0.2) is 4.98 Å². The van der Waals surface area contributed by atoms with E-state index in [-0.39, 0.29) is 6.04 Å². The standard InChI is InChI=1S/C16H15ClN4/c17-16-9-12(7-8-19-16)15(21-18)10-13-6-5-11-3-1-2-4-14(11)20-13/h1-9,15,21H,10,18H2. The molecule has 0 bridgehead atoms. The summed E-state index contributed by atoms with van der Waals surface area (Å²) in [6.45, 7) is 0. The molecule has 0 amide bonds. The molecule has 21 heavy (non-hydrogen) atoms. The molecule has 0 aliphatic heterocycles. The molecule has 0 saturated heterocycles. The first-order valence-corrected chi connectivity index (χ1v) is 7.06. The molecule has 2 heterocycles. The predicted molar refractivity (Wildman–Crippen MR) is 84.8 cm³/mol. The van der Waals surface area contributed by atoms with Gasteiger partial charge in [0.15, 0.2) is 0 Å². The predicted octanol–water partition coefficient (Wildman–Crippen LogP) is 3.03. The summed E-state index contributed by atoms with van der Waals surface area (Å²) in [4.78, 5) is 8.65. The van der Waals surface area contributed by atoms with Gasteiger partial charge in [0.25, 0.3) is 0 Å². The zero-order valence-corrected chi connectivity index (χ0v) is 12.1. The number of hydrazine groups is 1. The molecule has 3 N–H and O–H groups in total. The Morgan fingerprint density at radius 3 is 2.81 bits per heavy atom. The third-order valence-electron chi connectivity index (χ3n) is 3.42. The Kier molecular flexibility index (Phi) is 4.10. The molecule has 1 aromatic carbocycles.